The molecule has 7 nitrogen and oxygen atoms in total. The van der Waals surface area contributed by atoms with Crippen molar-refractivity contribution in [3.8, 4) is 0 Å². The highest BCUT2D eigenvalue weighted by Gasteiger charge is 2.37. The van der Waals surface area contributed by atoms with E-state index in [1.54, 1.807) is 36.4 Å². The summed E-state index contributed by atoms with van der Waals surface area (Å²) in [6.07, 6.45) is -2.47. The molecule has 0 aliphatic rings. The Morgan fingerprint density at radius 2 is 1.90 bits per heavy atom. The van der Waals surface area contributed by atoms with Gasteiger partial charge in [0.15, 0.2) is 0 Å². The third-order valence-corrected chi connectivity index (χ3v) is 4.31. The molecule has 0 spiro atoms. The number of carbonyl (C=O) groups is 1. The van der Waals surface area contributed by atoms with Crippen LogP contribution >= 0.6 is 0 Å². The van der Waals surface area contributed by atoms with Crippen LogP contribution in [0.25, 0.3) is 22.0 Å². The zero-order chi connectivity index (χ0) is 21.3. The predicted octanol–water partition coefficient (Wildman–Crippen LogP) is 3.31. The van der Waals surface area contributed by atoms with E-state index >= 15 is 0 Å². The van der Waals surface area contributed by atoms with Crippen molar-refractivity contribution < 1.29 is 22.4 Å². The predicted molar refractivity (Wildman–Crippen MR) is 103 cm³/mol. The Kier molecular flexibility index (Phi) is 4.82. The van der Waals surface area contributed by atoms with Gasteiger partial charge in [0, 0.05) is 0 Å². The molecule has 2 aromatic heterocycles. The summed E-state index contributed by atoms with van der Waals surface area (Å²) in [6, 6.07) is 12.6. The highest BCUT2D eigenvalue weighted by molar-refractivity contribution is 5.87. The molecule has 2 heterocycles. The number of halogens is 3. The van der Waals surface area contributed by atoms with Crippen LogP contribution in [-0.2, 0) is 17.5 Å². The van der Waals surface area contributed by atoms with E-state index in [0.717, 1.165) is 10.8 Å². The van der Waals surface area contributed by atoms with Crippen LogP contribution in [0.4, 0.5) is 13.2 Å². The highest BCUT2D eigenvalue weighted by Crippen LogP contribution is 2.31. The monoisotopic (exact) mass is 414 g/mol. The molecule has 0 saturated heterocycles. The third kappa shape index (κ3) is 3.66. The minimum Gasteiger partial charge on any atom is -0.463 e. The number of nitrogens with zero attached hydrogens (tertiary/aromatic N) is 3. The van der Waals surface area contributed by atoms with Crippen molar-refractivity contribution in [1.82, 2.24) is 15.0 Å². The minimum absolute atomic E-state index is 0.0815. The Balaban J connectivity index is 1.55. The van der Waals surface area contributed by atoms with E-state index in [9.17, 15) is 22.8 Å². The molecule has 0 radical (unpaired) electrons. The topological polar surface area (TPSA) is 89.5 Å². The lowest BCUT2D eigenvalue weighted by atomic mass is 10.2. The van der Waals surface area contributed by atoms with Crippen LogP contribution in [0.5, 0.6) is 0 Å². The maximum absolute atomic E-state index is 13.3. The van der Waals surface area contributed by atoms with E-state index in [1.165, 1.54) is 18.4 Å². The Labute approximate surface area is 166 Å². The van der Waals surface area contributed by atoms with Gasteiger partial charge in [-0.1, -0.05) is 24.3 Å². The molecule has 0 saturated carbocycles. The normalized spacial score (nSPS) is 12.1. The number of amides is 1. The van der Waals surface area contributed by atoms with Gasteiger partial charge in [0.1, 0.15) is 18.4 Å². The maximum Gasteiger partial charge on any atom is 0.449 e. The average molecular weight is 414 g/mol. The molecule has 152 valence electrons. The molecule has 0 aliphatic carbocycles. The molecule has 4 rings (SSSR count). The fourth-order valence-corrected chi connectivity index (χ4v) is 2.99. The first-order valence-corrected chi connectivity index (χ1v) is 8.69. The van der Waals surface area contributed by atoms with Crippen molar-refractivity contribution >= 4 is 34.1 Å². The molecule has 0 fully saturated rings. The number of aromatic nitrogens is 2. The van der Waals surface area contributed by atoms with Crippen LogP contribution in [0.3, 0.4) is 0 Å². The number of hydrogen-bond acceptors (Lipinski definition) is 5. The van der Waals surface area contributed by atoms with Gasteiger partial charge in [-0.05, 0) is 24.3 Å². The summed E-state index contributed by atoms with van der Waals surface area (Å²) in [6.45, 7) is -0.654. The van der Waals surface area contributed by atoms with Crippen molar-refractivity contribution in [3.63, 3.8) is 0 Å². The van der Waals surface area contributed by atoms with Gasteiger partial charge in [0.05, 0.1) is 28.2 Å². The molecule has 1 amide bonds. The van der Waals surface area contributed by atoms with Gasteiger partial charge in [0.2, 0.25) is 11.3 Å². The highest BCUT2D eigenvalue weighted by atomic mass is 19.4. The van der Waals surface area contributed by atoms with E-state index in [4.69, 9.17) is 4.42 Å². The fraction of sp³-hybridized carbons (Fsp3) is 0.100. The molecular weight excluding hydrogens is 401 g/mol. The summed E-state index contributed by atoms with van der Waals surface area (Å²) in [5.74, 6) is -2.00. The minimum atomic E-state index is -4.73. The van der Waals surface area contributed by atoms with Crippen LogP contribution in [0.2, 0.25) is 0 Å². The zero-order valence-corrected chi connectivity index (χ0v) is 15.2. The standard InChI is InChI=1S/C20H13F3N4O3/c21-20(22,23)19-25-14-6-2-3-7-15(14)27(19)10-17(28)26-24-9-12-11-30-16-8-4-1-5-13(16)18(12)29/h1-9,11H,10H2,(H,26,28)/b24-9+. The summed E-state index contributed by atoms with van der Waals surface area (Å²) < 4.78 is 46.0. The Morgan fingerprint density at radius 1 is 1.17 bits per heavy atom. The molecule has 2 aromatic carbocycles. The Morgan fingerprint density at radius 3 is 2.70 bits per heavy atom. The number of para-hydroxylation sites is 3. The first-order valence-electron chi connectivity index (χ1n) is 8.69. The molecule has 30 heavy (non-hydrogen) atoms. The molecule has 1 N–H and O–H groups in total. The van der Waals surface area contributed by atoms with Gasteiger partial charge in [-0.25, -0.2) is 10.4 Å². The number of nitrogens with one attached hydrogen (secondary N) is 1. The van der Waals surface area contributed by atoms with Gasteiger partial charge >= 0.3 is 6.18 Å². The second-order valence-electron chi connectivity index (χ2n) is 6.32. The van der Waals surface area contributed by atoms with Gasteiger partial charge < -0.3 is 8.98 Å². The number of imidazole rings is 1. The summed E-state index contributed by atoms with van der Waals surface area (Å²) in [4.78, 5) is 28.1. The molecule has 4 aromatic rings. The van der Waals surface area contributed by atoms with Gasteiger partial charge in [-0.2, -0.15) is 18.3 Å². The number of hydrogen-bond donors (Lipinski definition) is 1. The van der Waals surface area contributed by atoms with Crippen molar-refractivity contribution in [1.29, 1.82) is 0 Å². The van der Waals surface area contributed by atoms with E-state index in [2.05, 4.69) is 15.5 Å². The molecular formula is C20H13F3N4O3. The van der Waals surface area contributed by atoms with Gasteiger partial charge in [-0.3, -0.25) is 9.59 Å². The number of hydrazone groups is 1. The second-order valence-corrected chi connectivity index (χ2v) is 6.32. The van der Waals surface area contributed by atoms with Crippen LogP contribution in [0, 0.1) is 0 Å². The lowest BCUT2D eigenvalue weighted by molar-refractivity contribution is -0.147. The Bertz CT molecular complexity index is 1340. The molecule has 0 unspecified atom stereocenters. The van der Waals surface area contributed by atoms with Crippen LogP contribution in [-0.4, -0.2) is 21.7 Å². The van der Waals surface area contributed by atoms with Crippen molar-refractivity contribution in [2.24, 2.45) is 5.10 Å². The number of alkyl halides is 3. The van der Waals surface area contributed by atoms with Crippen molar-refractivity contribution in [3.05, 3.63) is 76.4 Å². The number of fused-ring (bicyclic) bond motifs is 2. The van der Waals surface area contributed by atoms with Crippen LogP contribution < -0.4 is 10.9 Å². The molecule has 0 atom stereocenters. The lowest BCUT2D eigenvalue weighted by Crippen LogP contribution is -2.26. The van der Waals surface area contributed by atoms with Crippen molar-refractivity contribution in [2.75, 3.05) is 0 Å². The molecule has 10 heteroatoms. The number of benzene rings is 2. The summed E-state index contributed by atoms with van der Waals surface area (Å²) >= 11 is 0. The number of carbonyl (C=O) groups excluding carboxylic acids is 1. The average Bonchev–Trinajstić information content (AvgIpc) is 3.09. The van der Waals surface area contributed by atoms with Gasteiger partial charge in [-0.15, -0.1) is 0 Å². The number of rotatable bonds is 4. The Hall–Kier alpha value is -3.95. The summed E-state index contributed by atoms with van der Waals surface area (Å²) in [7, 11) is 0. The summed E-state index contributed by atoms with van der Waals surface area (Å²) in [5, 5.41) is 4.00. The van der Waals surface area contributed by atoms with Gasteiger partial charge in [0.25, 0.3) is 5.91 Å². The van der Waals surface area contributed by atoms with Crippen LogP contribution in [0.15, 0.2) is 69.1 Å². The molecule has 0 bridgehead atoms. The fourth-order valence-electron chi connectivity index (χ4n) is 2.99. The van der Waals surface area contributed by atoms with Crippen LogP contribution in [0.1, 0.15) is 11.4 Å². The zero-order valence-electron chi connectivity index (χ0n) is 15.2. The van der Waals surface area contributed by atoms with E-state index < -0.39 is 24.5 Å². The first-order chi connectivity index (χ1) is 14.3. The van der Waals surface area contributed by atoms with E-state index in [0.29, 0.717) is 11.0 Å². The summed E-state index contributed by atoms with van der Waals surface area (Å²) in [5.41, 5.74) is 2.54. The van der Waals surface area contributed by atoms with E-state index in [1.807, 2.05) is 0 Å². The quantitative estimate of drug-likeness (QED) is 0.410. The smallest absolute Gasteiger partial charge is 0.449 e. The largest absolute Gasteiger partial charge is 0.463 e. The second kappa shape index (κ2) is 7.47. The van der Waals surface area contributed by atoms with Crippen molar-refractivity contribution in [2.45, 2.75) is 12.7 Å². The van der Waals surface area contributed by atoms with E-state index in [-0.39, 0.29) is 22.0 Å². The SMILES string of the molecule is O=C(Cn1c(C(F)(F)F)nc2ccccc21)N/N=C/c1coc2ccccc2c1=O. The lowest BCUT2D eigenvalue weighted by Gasteiger charge is -2.10. The maximum atomic E-state index is 13.3. The first kappa shape index (κ1) is 19.4. The molecule has 0 aliphatic heterocycles. The third-order valence-electron chi connectivity index (χ3n) is 4.31.